The second-order valence-corrected chi connectivity index (χ2v) is 6.37. The number of likely N-dealkylation sites (tertiary alicyclic amines) is 1. The molecule has 3 nitrogen and oxygen atoms in total. The minimum Gasteiger partial charge on any atom is -0.366 e. The van der Waals surface area contributed by atoms with E-state index in [1.807, 2.05) is 19.1 Å². The van der Waals surface area contributed by atoms with Crippen molar-refractivity contribution in [3.8, 4) is 0 Å². The fraction of sp³-hybridized carbons (Fsp3) is 0.688. The maximum atomic E-state index is 4.51. The molecule has 106 valence electrons. The van der Waals surface area contributed by atoms with Gasteiger partial charge in [0.25, 0.3) is 0 Å². The molecule has 3 unspecified atom stereocenters. The Labute approximate surface area is 117 Å². The summed E-state index contributed by atoms with van der Waals surface area (Å²) in [5, 5.41) is 3.51. The number of aromatic nitrogens is 1. The molecule has 0 saturated carbocycles. The van der Waals surface area contributed by atoms with Gasteiger partial charge in [-0.1, -0.05) is 19.9 Å². The van der Waals surface area contributed by atoms with E-state index in [2.05, 4.69) is 42.0 Å². The average molecular weight is 261 g/mol. The predicted octanol–water partition coefficient (Wildman–Crippen LogP) is 3.17. The van der Waals surface area contributed by atoms with Crippen LogP contribution in [0.3, 0.4) is 0 Å². The van der Waals surface area contributed by atoms with E-state index in [0.717, 1.165) is 29.9 Å². The van der Waals surface area contributed by atoms with Crippen molar-refractivity contribution < 1.29 is 0 Å². The Balaban J connectivity index is 1.85. The summed E-state index contributed by atoms with van der Waals surface area (Å²) in [6.45, 7) is 12.6. The van der Waals surface area contributed by atoms with Gasteiger partial charge in [0, 0.05) is 31.4 Å². The number of anilines is 1. The Morgan fingerprint density at radius 3 is 2.63 bits per heavy atom. The van der Waals surface area contributed by atoms with E-state index in [-0.39, 0.29) is 0 Å². The number of piperidine rings is 1. The third-order valence-corrected chi connectivity index (χ3v) is 3.76. The number of pyridine rings is 1. The van der Waals surface area contributed by atoms with Gasteiger partial charge in [0.15, 0.2) is 0 Å². The molecule has 1 aliphatic rings. The van der Waals surface area contributed by atoms with E-state index in [1.54, 1.807) is 0 Å². The lowest BCUT2D eigenvalue weighted by Gasteiger charge is -2.36. The molecule has 0 aromatic carbocycles. The molecule has 1 aromatic heterocycles. The van der Waals surface area contributed by atoms with Gasteiger partial charge in [-0.25, -0.2) is 4.98 Å². The number of hydrogen-bond donors (Lipinski definition) is 1. The normalized spacial score (nSPS) is 26.1. The molecule has 19 heavy (non-hydrogen) atoms. The van der Waals surface area contributed by atoms with Gasteiger partial charge in [-0.15, -0.1) is 0 Å². The van der Waals surface area contributed by atoms with Gasteiger partial charge in [-0.2, -0.15) is 0 Å². The zero-order chi connectivity index (χ0) is 13.8. The Hall–Kier alpha value is -1.09. The fourth-order valence-corrected chi connectivity index (χ4v) is 3.25. The fourth-order valence-electron chi connectivity index (χ4n) is 3.25. The molecule has 3 heteroatoms. The summed E-state index contributed by atoms with van der Waals surface area (Å²) in [6, 6.07) is 6.57. The highest BCUT2D eigenvalue weighted by Crippen LogP contribution is 2.21. The molecule has 0 bridgehead atoms. The lowest BCUT2D eigenvalue weighted by molar-refractivity contribution is 0.138. The van der Waals surface area contributed by atoms with E-state index in [4.69, 9.17) is 0 Å². The predicted molar refractivity (Wildman–Crippen MR) is 81.4 cm³/mol. The van der Waals surface area contributed by atoms with E-state index >= 15 is 0 Å². The molecular weight excluding hydrogens is 234 g/mol. The minimum atomic E-state index is 0.437. The van der Waals surface area contributed by atoms with Crippen molar-refractivity contribution in [3.05, 3.63) is 23.9 Å². The van der Waals surface area contributed by atoms with Crippen LogP contribution < -0.4 is 5.32 Å². The zero-order valence-electron chi connectivity index (χ0n) is 12.7. The summed E-state index contributed by atoms with van der Waals surface area (Å²) in [5.74, 6) is 2.65. The second kappa shape index (κ2) is 6.38. The Kier molecular flexibility index (Phi) is 4.81. The Morgan fingerprint density at radius 1 is 1.32 bits per heavy atom. The molecular formula is C16H27N3. The van der Waals surface area contributed by atoms with Crippen LogP contribution in [0, 0.1) is 18.8 Å². The van der Waals surface area contributed by atoms with Gasteiger partial charge in [-0.3, -0.25) is 0 Å². The van der Waals surface area contributed by atoms with E-state index in [9.17, 15) is 0 Å². The number of rotatable bonds is 4. The molecule has 1 N–H and O–H groups in total. The Bertz CT molecular complexity index is 395. The summed E-state index contributed by atoms with van der Waals surface area (Å²) in [4.78, 5) is 7.10. The van der Waals surface area contributed by atoms with Crippen LogP contribution in [-0.4, -0.2) is 35.6 Å². The maximum absolute atomic E-state index is 4.51. The summed E-state index contributed by atoms with van der Waals surface area (Å²) in [7, 11) is 0. The molecule has 1 fully saturated rings. The van der Waals surface area contributed by atoms with Crippen molar-refractivity contribution in [2.24, 2.45) is 11.8 Å². The summed E-state index contributed by atoms with van der Waals surface area (Å²) in [6.07, 6.45) is 1.37. The minimum absolute atomic E-state index is 0.437. The smallest absolute Gasteiger partial charge is 0.126 e. The second-order valence-electron chi connectivity index (χ2n) is 6.37. The van der Waals surface area contributed by atoms with Crippen LogP contribution in [0.2, 0.25) is 0 Å². The van der Waals surface area contributed by atoms with Crippen molar-refractivity contribution in [1.29, 1.82) is 0 Å². The average Bonchev–Trinajstić information content (AvgIpc) is 2.26. The molecule has 3 atom stereocenters. The summed E-state index contributed by atoms with van der Waals surface area (Å²) < 4.78 is 0. The van der Waals surface area contributed by atoms with Crippen molar-refractivity contribution in [3.63, 3.8) is 0 Å². The highest BCUT2D eigenvalue weighted by molar-refractivity contribution is 5.36. The molecule has 1 aromatic rings. The quantitative estimate of drug-likeness (QED) is 0.902. The molecule has 0 aliphatic carbocycles. The van der Waals surface area contributed by atoms with Gasteiger partial charge in [0.1, 0.15) is 5.82 Å². The first kappa shape index (κ1) is 14.3. The standard InChI is InChI=1S/C16H27N3/c1-12-8-13(2)10-19(9-12)11-15(4)18-16-7-5-6-14(3)17-16/h5-7,12-13,15H,8-11H2,1-4H3,(H,17,18). The van der Waals surface area contributed by atoms with Gasteiger partial charge >= 0.3 is 0 Å². The number of nitrogens with zero attached hydrogens (tertiary/aromatic N) is 2. The zero-order valence-corrected chi connectivity index (χ0v) is 12.7. The molecule has 2 rings (SSSR count). The lowest BCUT2D eigenvalue weighted by atomic mass is 9.92. The first-order valence-electron chi connectivity index (χ1n) is 7.45. The van der Waals surface area contributed by atoms with Crippen LogP contribution in [0.15, 0.2) is 18.2 Å². The van der Waals surface area contributed by atoms with Crippen molar-refractivity contribution >= 4 is 5.82 Å². The molecule has 2 heterocycles. The van der Waals surface area contributed by atoms with Crippen LogP contribution in [0.1, 0.15) is 32.9 Å². The first-order valence-corrected chi connectivity index (χ1v) is 7.45. The van der Waals surface area contributed by atoms with Crippen LogP contribution >= 0.6 is 0 Å². The van der Waals surface area contributed by atoms with Crippen LogP contribution in [0.4, 0.5) is 5.82 Å². The first-order chi connectivity index (χ1) is 9.02. The summed E-state index contributed by atoms with van der Waals surface area (Å²) >= 11 is 0. The van der Waals surface area contributed by atoms with Gasteiger partial charge in [-0.05, 0) is 44.2 Å². The SMILES string of the molecule is Cc1cccc(NC(C)CN2CC(C)CC(C)C2)n1. The number of aryl methyl sites for hydroxylation is 1. The Morgan fingerprint density at radius 2 is 2.00 bits per heavy atom. The molecule has 1 aliphatic heterocycles. The third kappa shape index (κ3) is 4.50. The van der Waals surface area contributed by atoms with Crippen LogP contribution in [0.25, 0.3) is 0 Å². The molecule has 1 saturated heterocycles. The highest BCUT2D eigenvalue weighted by Gasteiger charge is 2.22. The van der Waals surface area contributed by atoms with Gasteiger partial charge in [0.2, 0.25) is 0 Å². The van der Waals surface area contributed by atoms with Crippen molar-refractivity contribution in [2.45, 2.75) is 40.2 Å². The third-order valence-electron chi connectivity index (χ3n) is 3.76. The summed E-state index contributed by atoms with van der Waals surface area (Å²) in [5.41, 5.74) is 1.07. The number of nitrogens with one attached hydrogen (secondary N) is 1. The largest absolute Gasteiger partial charge is 0.366 e. The number of hydrogen-bond acceptors (Lipinski definition) is 3. The highest BCUT2D eigenvalue weighted by atomic mass is 15.2. The van der Waals surface area contributed by atoms with Gasteiger partial charge in [0.05, 0.1) is 0 Å². The van der Waals surface area contributed by atoms with E-state index in [0.29, 0.717) is 6.04 Å². The molecule has 0 spiro atoms. The van der Waals surface area contributed by atoms with E-state index in [1.165, 1.54) is 19.5 Å². The van der Waals surface area contributed by atoms with Gasteiger partial charge < -0.3 is 10.2 Å². The van der Waals surface area contributed by atoms with Crippen molar-refractivity contribution in [2.75, 3.05) is 25.0 Å². The topological polar surface area (TPSA) is 28.2 Å². The maximum Gasteiger partial charge on any atom is 0.126 e. The van der Waals surface area contributed by atoms with Crippen molar-refractivity contribution in [1.82, 2.24) is 9.88 Å². The van der Waals surface area contributed by atoms with Crippen LogP contribution in [0.5, 0.6) is 0 Å². The molecule has 0 amide bonds. The lowest BCUT2D eigenvalue weighted by Crippen LogP contribution is -2.43. The monoisotopic (exact) mass is 261 g/mol. The van der Waals surface area contributed by atoms with E-state index < -0.39 is 0 Å². The molecule has 0 radical (unpaired) electrons. The van der Waals surface area contributed by atoms with Crippen LogP contribution in [-0.2, 0) is 0 Å².